The van der Waals surface area contributed by atoms with Crippen LogP contribution in [0.2, 0.25) is 0 Å². The van der Waals surface area contributed by atoms with Gasteiger partial charge in [-0.1, -0.05) is 31.9 Å². The lowest BCUT2D eigenvalue weighted by atomic mass is 9.82. The molecule has 0 N–H and O–H groups in total. The van der Waals surface area contributed by atoms with E-state index in [2.05, 4.69) is 30.0 Å². The first kappa shape index (κ1) is 13.6. The van der Waals surface area contributed by atoms with Crippen LogP contribution in [0.25, 0.3) is 0 Å². The van der Waals surface area contributed by atoms with Crippen molar-refractivity contribution in [2.24, 2.45) is 11.8 Å². The van der Waals surface area contributed by atoms with Crippen molar-refractivity contribution in [2.75, 3.05) is 13.1 Å². The largest absolute Gasteiger partial charge is 0.296 e. The van der Waals surface area contributed by atoms with Crippen LogP contribution >= 0.6 is 0 Å². The summed E-state index contributed by atoms with van der Waals surface area (Å²) in [6.45, 7) is 4.84. The molecular weight excluding hydrogens is 244 g/mol. The van der Waals surface area contributed by atoms with Crippen molar-refractivity contribution in [3.8, 4) is 6.07 Å². The van der Waals surface area contributed by atoms with E-state index in [0.29, 0.717) is 6.04 Å². The second-order valence-electron chi connectivity index (χ2n) is 6.42. The first-order valence-corrected chi connectivity index (χ1v) is 8.06. The van der Waals surface area contributed by atoms with E-state index in [0.717, 1.165) is 23.8 Å². The number of benzene rings is 1. The summed E-state index contributed by atoms with van der Waals surface area (Å²) >= 11 is 0. The number of fused-ring (bicyclic) bond motifs is 1. The molecule has 3 rings (SSSR count). The van der Waals surface area contributed by atoms with Crippen LogP contribution in [-0.4, -0.2) is 18.0 Å². The summed E-state index contributed by atoms with van der Waals surface area (Å²) in [5.74, 6) is 1.88. The van der Waals surface area contributed by atoms with E-state index in [1.165, 1.54) is 44.3 Å². The second-order valence-corrected chi connectivity index (χ2v) is 6.42. The second kappa shape index (κ2) is 5.97. The minimum Gasteiger partial charge on any atom is -0.296 e. The standard InChI is InChI=1S/C18H24N2/c1-2-18(15-9-7-14(11-19)8-10-15)20-12-16-5-3-4-6-17(16)13-20/h7-10,16-18H,2-6,12-13H2,1H3. The van der Waals surface area contributed by atoms with E-state index in [4.69, 9.17) is 5.26 Å². The topological polar surface area (TPSA) is 27.0 Å². The van der Waals surface area contributed by atoms with Crippen molar-refractivity contribution in [1.29, 1.82) is 5.26 Å². The molecule has 20 heavy (non-hydrogen) atoms. The summed E-state index contributed by atoms with van der Waals surface area (Å²) in [5, 5.41) is 8.92. The fourth-order valence-corrected chi connectivity index (χ4v) is 4.18. The molecule has 1 heterocycles. The zero-order valence-corrected chi connectivity index (χ0v) is 12.4. The Morgan fingerprint density at radius 3 is 2.25 bits per heavy atom. The Labute approximate surface area is 122 Å². The molecule has 1 aliphatic carbocycles. The molecule has 0 spiro atoms. The van der Waals surface area contributed by atoms with E-state index in [1.807, 2.05) is 12.1 Å². The third-order valence-electron chi connectivity index (χ3n) is 5.26. The van der Waals surface area contributed by atoms with Crippen LogP contribution in [0.1, 0.15) is 56.2 Å². The Bertz CT molecular complexity index is 471. The van der Waals surface area contributed by atoms with Gasteiger partial charge in [-0.3, -0.25) is 4.90 Å². The maximum atomic E-state index is 8.92. The van der Waals surface area contributed by atoms with Crippen LogP contribution in [-0.2, 0) is 0 Å². The van der Waals surface area contributed by atoms with Crippen molar-refractivity contribution in [2.45, 2.75) is 45.1 Å². The summed E-state index contributed by atoms with van der Waals surface area (Å²) in [6, 6.07) is 11.0. The molecule has 106 valence electrons. The zero-order valence-electron chi connectivity index (χ0n) is 12.4. The van der Waals surface area contributed by atoms with E-state index in [1.54, 1.807) is 0 Å². The lowest BCUT2D eigenvalue weighted by molar-refractivity contribution is 0.227. The molecule has 0 amide bonds. The third kappa shape index (κ3) is 2.60. The average Bonchev–Trinajstić information content (AvgIpc) is 2.92. The first-order valence-electron chi connectivity index (χ1n) is 8.06. The smallest absolute Gasteiger partial charge is 0.0991 e. The molecule has 1 aromatic rings. The summed E-state index contributed by atoms with van der Waals surface area (Å²) < 4.78 is 0. The molecule has 1 aliphatic heterocycles. The Hall–Kier alpha value is -1.33. The van der Waals surface area contributed by atoms with Gasteiger partial charge in [-0.15, -0.1) is 0 Å². The number of hydrogen-bond donors (Lipinski definition) is 0. The monoisotopic (exact) mass is 268 g/mol. The molecule has 2 nitrogen and oxygen atoms in total. The minimum atomic E-state index is 0.536. The highest BCUT2D eigenvalue weighted by Gasteiger charge is 2.36. The van der Waals surface area contributed by atoms with Crippen molar-refractivity contribution in [3.05, 3.63) is 35.4 Å². The molecule has 1 aromatic carbocycles. The van der Waals surface area contributed by atoms with Gasteiger partial charge in [0.1, 0.15) is 0 Å². The van der Waals surface area contributed by atoms with Crippen LogP contribution in [0.5, 0.6) is 0 Å². The minimum absolute atomic E-state index is 0.536. The predicted molar refractivity (Wildman–Crippen MR) is 81.2 cm³/mol. The lowest BCUT2D eigenvalue weighted by Crippen LogP contribution is -2.26. The van der Waals surface area contributed by atoms with Crippen LogP contribution in [0.4, 0.5) is 0 Å². The maximum absolute atomic E-state index is 8.92. The molecular formula is C18H24N2. The molecule has 3 atom stereocenters. The third-order valence-corrected chi connectivity index (χ3v) is 5.26. The van der Waals surface area contributed by atoms with Crippen molar-refractivity contribution in [3.63, 3.8) is 0 Å². The van der Waals surface area contributed by atoms with Crippen LogP contribution in [0.15, 0.2) is 24.3 Å². The van der Waals surface area contributed by atoms with Gasteiger partial charge < -0.3 is 0 Å². The van der Waals surface area contributed by atoms with Gasteiger partial charge in [0.05, 0.1) is 11.6 Å². The van der Waals surface area contributed by atoms with Gasteiger partial charge in [-0.2, -0.15) is 5.26 Å². The van der Waals surface area contributed by atoms with Gasteiger partial charge in [0.2, 0.25) is 0 Å². The molecule has 2 fully saturated rings. The zero-order chi connectivity index (χ0) is 13.9. The predicted octanol–water partition coefficient (Wildman–Crippen LogP) is 4.13. The summed E-state index contributed by atoms with van der Waals surface area (Å²) in [6.07, 6.45) is 6.90. The van der Waals surface area contributed by atoms with E-state index in [-0.39, 0.29) is 0 Å². The van der Waals surface area contributed by atoms with Crippen molar-refractivity contribution >= 4 is 0 Å². The SMILES string of the molecule is CCC(c1ccc(C#N)cc1)N1CC2CCCCC2C1. The van der Waals surface area contributed by atoms with Gasteiger partial charge in [0, 0.05) is 19.1 Å². The molecule has 1 saturated carbocycles. The Morgan fingerprint density at radius 2 is 1.75 bits per heavy atom. The molecule has 1 saturated heterocycles. The molecule has 3 unspecified atom stereocenters. The summed E-state index contributed by atoms with van der Waals surface area (Å²) in [4.78, 5) is 2.70. The maximum Gasteiger partial charge on any atom is 0.0991 e. The molecule has 0 aromatic heterocycles. The van der Waals surface area contributed by atoms with Gasteiger partial charge in [0.15, 0.2) is 0 Å². The van der Waals surface area contributed by atoms with Gasteiger partial charge >= 0.3 is 0 Å². The van der Waals surface area contributed by atoms with Gasteiger partial charge in [-0.25, -0.2) is 0 Å². The molecule has 2 heteroatoms. The van der Waals surface area contributed by atoms with E-state index < -0.39 is 0 Å². The highest BCUT2D eigenvalue weighted by Crippen LogP contribution is 2.40. The van der Waals surface area contributed by atoms with Gasteiger partial charge in [0.25, 0.3) is 0 Å². The highest BCUT2D eigenvalue weighted by atomic mass is 15.2. The average molecular weight is 268 g/mol. The molecule has 0 radical (unpaired) electrons. The summed E-state index contributed by atoms with van der Waals surface area (Å²) in [7, 11) is 0. The molecule has 0 bridgehead atoms. The van der Waals surface area contributed by atoms with Gasteiger partial charge in [-0.05, 0) is 48.8 Å². The normalized spacial score (nSPS) is 27.8. The quantitative estimate of drug-likeness (QED) is 0.824. The first-order chi connectivity index (χ1) is 9.81. The Morgan fingerprint density at radius 1 is 1.15 bits per heavy atom. The number of nitriles is 1. The number of likely N-dealkylation sites (tertiary alicyclic amines) is 1. The van der Waals surface area contributed by atoms with E-state index in [9.17, 15) is 0 Å². The van der Waals surface area contributed by atoms with Crippen molar-refractivity contribution < 1.29 is 0 Å². The fourth-order valence-electron chi connectivity index (χ4n) is 4.18. The highest BCUT2D eigenvalue weighted by molar-refractivity contribution is 5.33. The molecule has 2 aliphatic rings. The number of hydrogen-bond acceptors (Lipinski definition) is 2. The van der Waals surface area contributed by atoms with Crippen LogP contribution in [0, 0.1) is 23.2 Å². The lowest BCUT2D eigenvalue weighted by Gasteiger charge is -2.27. The fraction of sp³-hybridized carbons (Fsp3) is 0.611. The van der Waals surface area contributed by atoms with Crippen molar-refractivity contribution in [1.82, 2.24) is 4.90 Å². The number of nitrogens with zero attached hydrogens (tertiary/aromatic N) is 2. The van der Waals surface area contributed by atoms with E-state index >= 15 is 0 Å². The Kier molecular flexibility index (Phi) is 4.08. The Balaban J connectivity index is 1.74. The number of rotatable bonds is 3. The summed E-state index contributed by atoms with van der Waals surface area (Å²) in [5.41, 5.74) is 2.14. The van der Waals surface area contributed by atoms with Crippen LogP contribution < -0.4 is 0 Å². The van der Waals surface area contributed by atoms with Crippen LogP contribution in [0.3, 0.4) is 0 Å².